The van der Waals surface area contributed by atoms with Crippen molar-refractivity contribution in [3.63, 3.8) is 0 Å². The number of Topliss-reactive ketones (excluding diaryl/α,β-unsaturated/α-hetero) is 2. The van der Waals surface area contributed by atoms with Crippen LogP contribution >= 0.6 is 11.3 Å². The first-order valence-electron chi connectivity index (χ1n) is 10.6. The second-order valence-corrected chi connectivity index (χ2v) is 9.14. The summed E-state index contributed by atoms with van der Waals surface area (Å²) in [4.78, 5) is 30.8. The minimum atomic E-state index is -0.230. The maximum absolute atomic E-state index is 13.0. The number of benzene rings is 3. The van der Waals surface area contributed by atoms with Gasteiger partial charge < -0.3 is 4.57 Å². The highest BCUT2D eigenvalue weighted by atomic mass is 32.1. The van der Waals surface area contributed by atoms with E-state index in [1.807, 2.05) is 66.2 Å². The molecule has 6 rings (SSSR count). The summed E-state index contributed by atoms with van der Waals surface area (Å²) in [5.41, 5.74) is 4.13. The Balaban J connectivity index is 1.35. The lowest BCUT2D eigenvalue weighted by Gasteiger charge is -2.00. The van der Waals surface area contributed by atoms with Crippen molar-refractivity contribution in [1.29, 1.82) is 0 Å². The lowest BCUT2D eigenvalue weighted by molar-refractivity contribution is 0.0990. The van der Waals surface area contributed by atoms with Crippen molar-refractivity contribution in [1.82, 2.24) is 9.55 Å². The lowest BCUT2D eigenvalue weighted by atomic mass is 10.0. The Hall–Kier alpha value is -4.09. The normalized spacial score (nSPS) is 13.5. The zero-order valence-electron chi connectivity index (χ0n) is 17.8. The molecule has 0 radical (unpaired) electrons. The summed E-state index contributed by atoms with van der Waals surface area (Å²) in [5, 5.41) is 2.56. The van der Waals surface area contributed by atoms with Gasteiger partial charge in [-0.25, -0.2) is 4.98 Å². The number of aromatic nitrogens is 2. The molecular weight excluding hydrogens is 428 g/mol. The van der Waals surface area contributed by atoms with E-state index in [0.717, 1.165) is 32.4 Å². The van der Waals surface area contributed by atoms with Gasteiger partial charge in [0.1, 0.15) is 5.01 Å². The molecular formula is C28H18N2O2S. The van der Waals surface area contributed by atoms with E-state index in [9.17, 15) is 9.59 Å². The zero-order chi connectivity index (χ0) is 22.5. The summed E-state index contributed by atoms with van der Waals surface area (Å²) in [6, 6.07) is 23.6. The highest BCUT2D eigenvalue weighted by Gasteiger charge is 2.33. The number of allylic oxidation sites excluding steroid dienone is 1. The molecule has 0 fully saturated rings. The number of ketones is 2. The third-order valence-electron chi connectivity index (χ3n) is 6.01. The number of thiazole rings is 1. The molecule has 0 N–H and O–H groups in total. The van der Waals surface area contributed by atoms with Crippen LogP contribution in [0, 0.1) is 0 Å². The Morgan fingerprint density at radius 3 is 2.09 bits per heavy atom. The molecule has 0 spiro atoms. The van der Waals surface area contributed by atoms with Crippen molar-refractivity contribution in [3.8, 4) is 0 Å². The van der Waals surface area contributed by atoms with Gasteiger partial charge in [0, 0.05) is 23.9 Å². The molecule has 1 aliphatic rings. The Labute approximate surface area is 194 Å². The average Bonchev–Trinajstić information content (AvgIpc) is 3.44. The van der Waals surface area contributed by atoms with Crippen molar-refractivity contribution in [2.75, 3.05) is 0 Å². The van der Waals surface area contributed by atoms with E-state index >= 15 is 0 Å². The van der Waals surface area contributed by atoms with E-state index in [-0.39, 0.29) is 17.1 Å². The summed E-state index contributed by atoms with van der Waals surface area (Å²) in [7, 11) is 1.97. The molecule has 33 heavy (non-hydrogen) atoms. The van der Waals surface area contributed by atoms with Crippen LogP contribution in [-0.2, 0) is 7.05 Å². The van der Waals surface area contributed by atoms with Gasteiger partial charge >= 0.3 is 0 Å². The summed E-state index contributed by atoms with van der Waals surface area (Å²) in [5.74, 6) is -0.460. The number of carbonyl (C=O) groups is 2. The average molecular weight is 447 g/mol. The molecule has 0 unspecified atom stereocenters. The van der Waals surface area contributed by atoms with Crippen LogP contribution in [0.2, 0.25) is 0 Å². The topological polar surface area (TPSA) is 52.0 Å². The fraction of sp³-hybridized carbons (Fsp3) is 0.0357. The van der Waals surface area contributed by atoms with Gasteiger partial charge in [0.2, 0.25) is 0 Å². The van der Waals surface area contributed by atoms with Gasteiger partial charge in [0.15, 0.2) is 17.2 Å². The van der Waals surface area contributed by atoms with E-state index in [2.05, 4.69) is 30.4 Å². The van der Waals surface area contributed by atoms with Gasteiger partial charge in [-0.05, 0) is 46.7 Å². The second kappa shape index (κ2) is 7.50. The maximum atomic E-state index is 13.0. The van der Waals surface area contributed by atoms with Crippen molar-refractivity contribution in [3.05, 3.63) is 106 Å². The van der Waals surface area contributed by atoms with E-state index < -0.39 is 0 Å². The van der Waals surface area contributed by atoms with Crippen LogP contribution in [0.25, 0.3) is 39.3 Å². The highest BCUT2D eigenvalue weighted by molar-refractivity contribution is 7.19. The van der Waals surface area contributed by atoms with Crippen molar-refractivity contribution < 1.29 is 9.59 Å². The van der Waals surface area contributed by atoms with E-state index in [1.165, 1.54) is 11.3 Å². The Kier molecular flexibility index (Phi) is 4.45. The summed E-state index contributed by atoms with van der Waals surface area (Å²) >= 11 is 1.48. The minimum Gasteiger partial charge on any atom is -0.328 e. The number of rotatable bonds is 3. The van der Waals surface area contributed by atoms with Crippen LogP contribution in [0.1, 0.15) is 37.0 Å². The largest absolute Gasteiger partial charge is 0.328 e. The molecule has 1 aliphatic carbocycles. The third-order valence-corrected chi connectivity index (χ3v) is 6.95. The number of nitrogens with zero attached hydrogens (tertiary/aromatic N) is 2. The maximum Gasteiger partial charge on any atom is 0.197 e. The molecule has 0 bridgehead atoms. The van der Waals surface area contributed by atoms with Crippen LogP contribution in [0.5, 0.6) is 0 Å². The molecule has 158 valence electrons. The standard InChI is InChI=1S/C28H18N2O2S/c1-30-20(12-11-17-7-3-2-4-8-17)15-24-28(30)29-25(33-24)16-23-26(31)21-13-18-9-5-6-10-19(18)14-22(21)27(23)32/h2-16H,1H3/b12-11+. The van der Waals surface area contributed by atoms with Gasteiger partial charge in [0.05, 0.1) is 10.3 Å². The van der Waals surface area contributed by atoms with Crippen molar-refractivity contribution >= 4 is 62.3 Å². The number of hydrogen-bond acceptors (Lipinski definition) is 4. The Morgan fingerprint density at radius 2 is 1.45 bits per heavy atom. The van der Waals surface area contributed by atoms with Crippen LogP contribution in [0.15, 0.2) is 78.4 Å². The molecule has 2 aromatic heterocycles. The number of aryl methyl sites for hydroxylation is 1. The van der Waals surface area contributed by atoms with Gasteiger partial charge in [-0.3, -0.25) is 9.59 Å². The van der Waals surface area contributed by atoms with Crippen LogP contribution in [0.4, 0.5) is 0 Å². The van der Waals surface area contributed by atoms with Crippen molar-refractivity contribution in [2.45, 2.75) is 0 Å². The van der Waals surface area contributed by atoms with E-state index in [0.29, 0.717) is 16.1 Å². The molecule has 5 heteroatoms. The quantitative estimate of drug-likeness (QED) is 0.237. The monoisotopic (exact) mass is 446 g/mol. The van der Waals surface area contributed by atoms with Gasteiger partial charge in [-0.15, -0.1) is 11.3 Å². The van der Waals surface area contributed by atoms with Gasteiger partial charge in [0.25, 0.3) is 0 Å². The van der Waals surface area contributed by atoms with E-state index in [4.69, 9.17) is 4.98 Å². The van der Waals surface area contributed by atoms with Gasteiger partial charge in [-0.2, -0.15) is 0 Å². The van der Waals surface area contributed by atoms with Crippen LogP contribution in [0.3, 0.4) is 0 Å². The molecule has 3 aromatic carbocycles. The van der Waals surface area contributed by atoms with Gasteiger partial charge in [-0.1, -0.05) is 60.7 Å². The summed E-state index contributed by atoms with van der Waals surface area (Å²) < 4.78 is 3.03. The first kappa shape index (κ1) is 19.6. The number of carbonyl (C=O) groups excluding carboxylic acids is 2. The summed E-state index contributed by atoms with van der Waals surface area (Å²) in [6.07, 6.45) is 5.77. The predicted octanol–water partition coefficient (Wildman–Crippen LogP) is 6.42. The zero-order valence-corrected chi connectivity index (χ0v) is 18.6. The number of hydrogen-bond donors (Lipinski definition) is 0. The van der Waals surface area contributed by atoms with Crippen molar-refractivity contribution in [2.24, 2.45) is 7.05 Å². The summed E-state index contributed by atoms with van der Waals surface area (Å²) in [6.45, 7) is 0. The third kappa shape index (κ3) is 3.25. The fourth-order valence-electron chi connectivity index (χ4n) is 4.26. The first-order valence-corrected chi connectivity index (χ1v) is 11.4. The Morgan fingerprint density at radius 1 is 0.818 bits per heavy atom. The smallest absolute Gasteiger partial charge is 0.197 e. The predicted molar refractivity (Wildman–Crippen MR) is 135 cm³/mol. The lowest BCUT2D eigenvalue weighted by Crippen LogP contribution is -2.00. The molecule has 4 nitrogen and oxygen atoms in total. The fourth-order valence-corrected chi connectivity index (χ4v) is 5.25. The SMILES string of the molecule is Cn1c(/C=C/c2ccccc2)cc2sc(C=C3C(=O)c4cc5ccccc5cc4C3=O)nc21. The molecule has 2 heterocycles. The second-order valence-electron chi connectivity index (χ2n) is 8.07. The molecule has 0 atom stereocenters. The molecule has 0 saturated heterocycles. The number of fused-ring (bicyclic) bond motifs is 3. The first-order chi connectivity index (χ1) is 16.1. The van der Waals surface area contributed by atoms with E-state index in [1.54, 1.807) is 6.08 Å². The molecule has 5 aromatic rings. The molecule has 0 aliphatic heterocycles. The molecule has 0 saturated carbocycles. The van der Waals surface area contributed by atoms with Crippen LogP contribution < -0.4 is 0 Å². The molecule has 0 amide bonds. The minimum absolute atomic E-state index is 0.184. The van der Waals surface area contributed by atoms with Crippen LogP contribution in [-0.4, -0.2) is 21.1 Å². The highest BCUT2D eigenvalue weighted by Crippen LogP contribution is 2.33. The Bertz CT molecular complexity index is 1600.